The van der Waals surface area contributed by atoms with Crippen molar-refractivity contribution in [1.29, 1.82) is 0 Å². The van der Waals surface area contributed by atoms with Crippen LogP contribution in [0.1, 0.15) is 18.7 Å². The molecule has 0 aliphatic carbocycles. The van der Waals surface area contributed by atoms with Gasteiger partial charge in [-0.05, 0) is 12.5 Å². The third kappa shape index (κ3) is 1.84. The molecule has 0 aromatic carbocycles. The van der Waals surface area contributed by atoms with E-state index in [1.807, 2.05) is 13.2 Å². The second kappa shape index (κ2) is 3.96. The van der Waals surface area contributed by atoms with Gasteiger partial charge in [0.2, 0.25) is 11.7 Å². The summed E-state index contributed by atoms with van der Waals surface area (Å²) in [5.41, 5.74) is 0.890. The largest absolute Gasteiger partial charge is 0.339 e. The van der Waals surface area contributed by atoms with Gasteiger partial charge in [-0.1, -0.05) is 12.1 Å². The average molecular weight is 233 g/mol. The number of hydrogen-bond donors (Lipinski definition) is 1. The highest BCUT2D eigenvalue weighted by Gasteiger charge is 2.29. The lowest BCUT2D eigenvalue weighted by atomic mass is 9.98. The maximum Gasteiger partial charge on any atom is 0.231 e. The summed E-state index contributed by atoms with van der Waals surface area (Å²) < 4.78 is 7.07. The molecule has 1 saturated heterocycles. The van der Waals surface area contributed by atoms with E-state index in [1.165, 1.54) is 0 Å². The van der Waals surface area contributed by atoms with Crippen molar-refractivity contribution in [2.24, 2.45) is 13.0 Å². The third-order valence-corrected chi connectivity index (χ3v) is 3.24. The van der Waals surface area contributed by atoms with E-state index in [1.54, 1.807) is 10.9 Å². The van der Waals surface area contributed by atoms with Gasteiger partial charge in [-0.25, -0.2) is 0 Å². The number of nitrogens with one attached hydrogen (secondary N) is 1. The number of nitrogens with zero attached hydrogens (tertiary/aromatic N) is 4. The van der Waals surface area contributed by atoms with Crippen LogP contribution in [0.15, 0.2) is 16.9 Å². The van der Waals surface area contributed by atoms with E-state index in [9.17, 15) is 0 Å². The minimum Gasteiger partial charge on any atom is -0.339 e. The fourth-order valence-corrected chi connectivity index (χ4v) is 2.18. The predicted octanol–water partition coefficient (Wildman–Crippen LogP) is 0.793. The SMILES string of the molecule is CC1CNCC1c1nc(-c2cnn(C)c2)no1. The van der Waals surface area contributed by atoms with E-state index in [-0.39, 0.29) is 0 Å². The first-order chi connectivity index (χ1) is 8.24. The summed E-state index contributed by atoms with van der Waals surface area (Å²) in [5.74, 6) is 2.21. The van der Waals surface area contributed by atoms with Crippen LogP contribution in [-0.4, -0.2) is 33.0 Å². The molecule has 2 atom stereocenters. The lowest BCUT2D eigenvalue weighted by molar-refractivity contribution is 0.340. The van der Waals surface area contributed by atoms with Gasteiger partial charge in [0, 0.05) is 19.8 Å². The standard InChI is InChI=1S/C11H15N5O/c1-7-3-12-5-9(7)11-14-10(15-17-11)8-4-13-16(2)6-8/h4,6-7,9,12H,3,5H2,1-2H3. The zero-order chi connectivity index (χ0) is 11.8. The van der Waals surface area contributed by atoms with Crippen LogP contribution >= 0.6 is 0 Å². The first-order valence-corrected chi connectivity index (χ1v) is 5.77. The van der Waals surface area contributed by atoms with Crippen molar-refractivity contribution in [2.75, 3.05) is 13.1 Å². The summed E-state index contributed by atoms with van der Waals surface area (Å²) >= 11 is 0. The van der Waals surface area contributed by atoms with Gasteiger partial charge in [-0.3, -0.25) is 4.68 Å². The first kappa shape index (κ1) is 10.5. The zero-order valence-corrected chi connectivity index (χ0v) is 9.92. The number of aryl methyl sites for hydroxylation is 1. The minimum absolute atomic E-state index is 0.327. The van der Waals surface area contributed by atoms with Gasteiger partial charge in [0.05, 0.1) is 17.7 Å². The second-order valence-corrected chi connectivity index (χ2v) is 4.60. The molecule has 0 bridgehead atoms. The molecule has 6 heteroatoms. The summed E-state index contributed by atoms with van der Waals surface area (Å²) in [7, 11) is 1.87. The van der Waals surface area contributed by atoms with Crippen LogP contribution in [0, 0.1) is 5.92 Å². The quantitative estimate of drug-likeness (QED) is 0.830. The van der Waals surface area contributed by atoms with E-state index in [4.69, 9.17) is 4.52 Å². The van der Waals surface area contributed by atoms with Crippen LogP contribution < -0.4 is 5.32 Å². The van der Waals surface area contributed by atoms with E-state index in [0.29, 0.717) is 17.7 Å². The van der Waals surface area contributed by atoms with Crippen molar-refractivity contribution in [2.45, 2.75) is 12.8 Å². The molecule has 17 heavy (non-hydrogen) atoms. The van der Waals surface area contributed by atoms with Crippen molar-refractivity contribution in [3.05, 3.63) is 18.3 Å². The fourth-order valence-electron chi connectivity index (χ4n) is 2.18. The summed E-state index contributed by atoms with van der Waals surface area (Å²) in [6, 6.07) is 0. The zero-order valence-electron chi connectivity index (χ0n) is 9.92. The Hall–Kier alpha value is -1.69. The normalized spacial score (nSPS) is 24.4. The Morgan fingerprint density at radius 3 is 3.00 bits per heavy atom. The molecule has 2 aromatic rings. The van der Waals surface area contributed by atoms with Crippen molar-refractivity contribution < 1.29 is 4.52 Å². The molecule has 0 amide bonds. The fraction of sp³-hybridized carbons (Fsp3) is 0.545. The molecular weight excluding hydrogens is 218 g/mol. The third-order valence-electron chi connectivity index (χ3n) is 3.24. The molecular formula is C11H15N5O. The van der Waals surface area contributed by atoms with E-state index < -0.39 is 0 Å². The van der Waals surface area contributed by atoms with Gasteiger partial charge in [-0.2, -0.15) is 10.1 Å². The van der Waals surface area contributed by atoms with E-state index >= 15 is 0 Å². The van der Waals surface area contributed by atoms with Crippen LogP contribution in [0.3, 0.4) is 0 Å². The second-order valence-electron chi connectivity index (χ2n) is 4.60. The topological polar surface area (TPSA) is 68.8 Å². The van der Waals surface area contributed by atoms with Crippen LogP contribution in [0.25, 0.3) is 11.4 Å². The number of aromatic nitrogens is 4. The molecule has 1 aliphatic heterocycles. The Balaban J connectivity index is 1.87. The number of hydrogen-bond acceptors (Lipinski definition) is 5. The molecule has 2 aromatic heterocycles. The van der Waals surface area contributed by atoms with Crippen molar-refractivity contribution >= 4 is 0 Å². The Bertz CT molecular complexity index is 517. The molecule has 1 fully saturated rings. The highest BCUT2D eigenvalue weighted by atomic mass is 16.5. The summed E-state index contributed by atoms with van der Waals surface area (Å²) in [5, 5.41) is 11.4. The minimum atomic E-state index is 0.327. The smallest absolute Gasteiger partial charge is 0.231 e. The summed E-state index contributed by atoms with van der Waals surface area (Å²) in [6.07, 6.45) is 3.62. The van der Waals surface area contributed by atoms with Crippen LogP contribution in [0.2, 0.25) is 0 Å². The van der Waals surface area contributed by atoms with Crippen molar-refractivity contribution in [3.63, 3.8) is 0 Å². The Morgan fingerprint density at radius 2 is 2.35 bits per heavy atom. The molecule has 6 nitrogen and oxygen atoms in total. The summed E-state index contributed by atoms with van der Waals surface area (Å²) in [6.45, 7) is 4.11. The van der Waals surface area contributed by atoms with Crippen molar-refractivity contribution in [1.82, 2.24) is 25.2 Å². The molecule has 2 unspecified atom stereocenters. The molecule has 3 heterocycles. The van der Waals surface area contributed by atoms with E-state index in [2.05, 4.69) is 27.5 Å². The molecule has 0 spiro atoms. The van der Waals surface area contributed by atoms with Crippen LogP contribution in [0.4, 0.5) is 0 Å². The monoisotopic (exact) mass is 233 g/mol. The van der Waals surface area contributed by atoms with Gasteiger partial charge in [0.25, 0.3) is 0 Å². The highest BCUT2D eigenvalue weighted by molar-refractivity contribution is 5.51. The average Bonchev–Trinajstić information content (AvgIpc) is 2.97. The molecule has 0 saturated carbocycles. The lowest BCUT2D eigenvalue weighted by Gasteiger charge is -2.07. The van der Waals surface area contributed by atoms with Gasteiger partial charge in [0.1, 0.15) is 0 Å². The van der Waals surface area contributed by atoms with Crippen LogP contribution in [-0.2, 0) is 7.05 Å². The highest BCUT2D eigenvalue weighted by Crippen LogP contribution is 2.27. The van der Waals surface area contributed by atoms with E-state index in [0.717, 1.165) is 24.5 Å². The van der Waals surface area contributed by atoms with Gasteiger partial charge in [-0.15, -0.1) is 0 Å². The molecule has 3 rings (SSSR count). The Morgan fingerprint density at radius 1 is 1.47 bits per heavy atom. The Kier molecular flexibility index (Phi) is 2.44. The molecule has 0 radical (unpaired) electrons. The van der Waals surface area contributed by atoms with Gasteiger partial charge in [0.15, 0.2) is 0 Å². The first-order valence-electron chi connectivity index (χ1n) is 5.77. The molecule has 1 aliphatic rings. The predicted molar refractivity (Wildman–Crippen MR) is 61.3 cm³/mol. The Labute approximate surface area is 99.0 Å². The number of rotatable bonds is 2. The molecule has 1 N–H and O–H groups in total. The van der Waals surface area contributed by atoms with Crippen molar-refractivity contribution in [3.8, 4) is 11.4 Å². The lowest BCUT2D eigenvalue weighted by Crippen LogP contribution is -2.08. The molecule has 90 valence electrons. The maximum absolute atomic E-state index is 5.34. The maximum atomic E-state index is 5.34. The van der Waals surface area contributed by atoms with Crippen LogP contribution in [0.5, 0.6) is 0 Å². The summed E-state index contributed by atoms with van der Waals surface area (Å²) in [4.78, 5) is 4.46. The van der Waals surface area contributed by atoms with Gasteiger partial charge < -0.3 is 9.84 Å². The van der Waals surface area contributed by atoms with Gasteiger partial charge >= 0.3 is 0 Å².